The van der Waals surface area contributed by atoms with Crippen molar-refractivity contribution in [1.82, 2.24) is 5.32 Å². The van der Waals surface area contributed by atoms with Crippen molar-refractivity contribution in [3.8, 4) is 5.75 Å². The molecule has 2 fully saturated rings. The molecule has 1 aliphatic heterocycles. The van der Waals surface area contributed by atoms with Crippen molar-refractivity contribution in [2.45, 2.75) is 62.8 Å². The number of nitrogens with one attached hydrogen (secondary N) is 1. The molecule has 0 radical (unpaired) electrons. The van der Waals surface area contributed by atoms with E-state index in [1.54, 1.807) is 0 Å². The van der Waals surface area contributed by atoms with Gasteiger partial charge in [0.15, 0.2) is 0 Å². The van der Waals surface area contributed by atoms with Crippen LogP contribution in [0.25, 0.3) is 0 Å². The Labute approximate surface area is 154 Å². The van der Waals surface area contributed by atoms with Gasteiger partial charge >= 0.3 is 5.97 Å². The maximum atomic E-state index is 13.0. The van der Waals surface area contributed by atoms with Gasteiger partial charge in [-0.15, -0.1) is 0 Å². The number of rotatable bonds is 3. The molecule has 2 saturated carbocycles. The molecule has 1 heterocycles. The molecule has 1 aromatic carbocycles. The molecule has 5 nitrogen and oxygen atoms in total. The van der Waals surface area contributed by atoms with Crippen LogP contribution in [-0.4, -0.2) is 29.6 Å². The highest BCUT2D eigenvalue weighted by molar-refractivity contribution is 5.85. The summed E-state index contributed by atoms with van der Waals surface area (Å²) >= 11 is 0. The van der Waals surface area contributed by atoms with Gasteiger partial charge in [-0.25, -0.2) is 0 Å². The Hall–Kier alpha value is -2.04. The molecule has 140 valence electrons. The molecular formula is C21H27NO4. The SMILES string of the molecule is O=C(O)C1CCCCCCC1NC(=O)[C@@H]1C[C@]12CCOc1ccccc12. The van der Waals surface area contributed by atoms with Crippen molar-refractivity contribution >= 4 is 11.9 Å². The van der Waals surface area contributed by atoms with Gasteiger partial charge in [0.2, 0.25) is 5.91 Å². The van der Waals surface area contributed by atoms with E-state index in [0.29, 0.717) is 13.0 Å². The quantitative estimate of drug-likeness (QED) is 0.871. The second-order valence-corrected chi connectivity index (χ2v) is 8.06. The summed E-state index contributed by atoms with van der Waals surface area (Å²) in [5, 5.41) is 12.7. The van der Waals surface area contributed by atoms with E-state index in [1.165, 1.54) is 0 Å². The number of hydrogen-bond donors (Lipinski definition) is 2. The van der Waals surface area contributed by atoms with Crippen LogP contribution < -0.4 is 10.1 Å². The Bertz CT molecular complexity index is 703. The van der Waals surface area contributed by atoms with Gasteiger partial charge in [0.05, 0.1) is 12.5 Å². The highest BCUT2D eigenvalue weighted by atomic mass is 16.5. The third kappa shape index (κ3) is 3.08. The zero-order chi connectivity index (χ0) is 18.1. The number of benzene rings is 1. The van der Waals surface area contributed by atoms with E-state index in [0.717, 1.165) is 56.3 Å². The Balaban J connectivity index is 1.48. The smallest absolute Gasteiger partial charge is 0.308 e. The van der Waals surface area contributed by atoms with Gasteiger partial charge in [0.25, 0.3) is 0 Å². The van der Waals surface area contributed by atoms with Crippen LogP contribution in [-0.2, 0) is 15.0 Å². The Morgan fingerprint density at radius 1 is 1.12 bits per heavy atom. The van der Waals surface area contributed by atoms with Crippen LogP contribution in [0.3, 0.4) is 0 Å². The predicted octanol–water partition coefficient (Wildman–Crippen LogP) is 3.27. The first-order chi connectivity index (χ1) is 12.6. The lowest BCUT2D eigenvalue weighted by molar-refractivity contribution is -0.143. The fraction of sp³-hybridized carbons (Fsp3) is 0.619. The molecule has 0 bridgehead atoms. The number of carbonyl (C=O) groups excluding carboxylic acids is 1. The Morgan fingerprint density at radius 3 is 2.69 bits per heavy atom. The topological polar surface area (TPSA) is 75.6 Å². The van der Waals surface area contributed by atoms with E-state index >= 15 is 0 Å². The summed E-state index contributed by atoms with van der Waals surface area (Å²) in [5.41, 5.74) is 1.03. The second-order valence-electron chi connectivity index (χ2n) is 8.06. The minimum absolute atomic E-state index is 0.0264. The summed E-state index contributed by atoms with van der Waals surface area (Å²) < 4.78 is 5.75. The fourth-order valence-corrected chi connectivity index (χ4v) is 4.94. The molecule has 0 saturated heterocycles. The number of fused-ring (bicyclic) bond motifs is 2. The van der Waals surface area contributed by atoms with Crippen LogP contribution in [0, 0.1) is 11.8 Å². The molecule has 4 atom stereocenters. The average Bonchev–Trinajstić information content (AvgIpc) is 3.32. The largest absolute Gasteiger partial charge is 0.493 e. The first-order valence-electron chi connectivity index (χ1n) is 9.87. The molecule has 1 amide bonds. The average molecular weight is 357 g/mol. The van der Waals surface area contributed by atoms with Gasteiger partial charge in [0, 0.05) is 22.9 Å². The van der Waals surface area contributed by atoms with Gasteiger partial charge in [-0.05, 0) is 31.7 Å². The Morgan fingerprint density at radius 2 is 1.88 bits per heavy atom. The summed E-state index contributed by atoms with van der Waals surface area (Å²) in [5.74, 6) is -0.385. The van der Waals surface area contributed by atoms with E-state index in [-0.39, 0.29) is 23.3 Å². The van der Waals surface area contributed by atoms with Gasteiger partial charge in [0.1, 0.15) is 5.75 Å². The van der Waals surface area contributed by atoms with Gasteiger partial charge < -0.3 is 15.2 Å². The lowest BCUT2D eigenvalue weighted by atomic mass is 9.85. The predicted molar refractivity (Wildman–Crippen MR) is 97.1 cm³/mol. The molecule has 5 heteroatoms. The number of aliphatic carboxylic acids is 1. The number of para-hydroxylation sites is 1. The van der Waals surface area contributed by atoms with Crippen LogP contribution in [0.1, 0.15) is 56.9 Å². The van der Waals surface area contributed by atoms with Crippen molar-refractivity contribution in [3.05, 3.63) is 29.8 Å². The zero-order valence-corrected chi connectivity index (χ0v) is 15.1. The number of carboxylic acids is 1. The summed E-state index contributed by atoms with van der Waals surface area (Å²) in [6, 6.07) is 7.75. The molecule has 2 N–H and O–H groups in total. The van der Waals surface area contributed by atoms with Crippen molar-refractivity contribution in [2.24, 2.45) is 11.8 Å². The lowest BCUT2D eigenvalue weighted by Crippen LogP contribution is -2.45. The minimum Gasteiger partial charge on any atom is -0.493 e. The first kappa shape index (κ1) is 17.4. The second kappa shape index (κ2) is 6.93. The van der Waals surface area contributed by atoms with Crippen LogP contribution in [0.2, 0.25) is 0 Å². The minimum atomic E-state index is -0.779. The van der Waals surface area contributed by atoms with Gasteiger partial charge in [-0.2, -0.15) is 0 Å². The summed E-state index contributed by atoms with van der Waals surface area (Å²) in [6.07, 6.45) is 7.25. The molecule has 2 aliphatic carbocycles. The maximum Gasteiger partial charge on any atom is 0.308 e. The third-order valence-corrected chi connectivity index (χ3v) is 6.53. The molecule has 2 unspecified atom stereocenters. The van der Waals surface area contributed by atoms with Crippen LogP contribution in [0.15, 0.2) is 24.3 Å². The molecule has 4 rings (SSSR count). The van der Waals surface area contributed by atoms with Crippen molar-refractivity contribution in [1.29, 1.82) is 0 Å². The first-order valence-corrected chi connectivity index (χ1v) is 9.87. The van der Waals surface area contributed by atoms with E-state index in [4.69, 9.17) is 4.74 Å². The van der Waals surface area contributed by atoms with E-state index in [2.05, 4.69) is 11.4 Å². The van der Waals surface area contributed by atoms with E-state index in [1.807, 2.05) is 18.2 Å². The standard InChI is InChI=1S/C21H27NO4/c23-19(22-17-9-4-2-1-3-7-14(17)20(24)25)16-13-21(16)11-12-26-18-10-6-5-8-15(18)21/h5-6,8,10,14,16-17H,1-4,7,9,11-13H2,(H,22,23)(H,24,25)/t14?,16-,17?,21-/m0/s1. The Kier molecular flexibility index (Phi) is 4.63. The lowest BCUT2D eigenvalue weighted by Gasteiger charge is -2.29. The molecule has 26 heavy (non-hydrogen) atoms. The molecule has 1 spiro atoms. The van der Waals surface area contributed by atoms with Crippen LogP contribution in [0.5, 0.6) is 5.75 Å². The molecular weight excluding hydrogens is 330 g/mol. The summed E-state index contributed by atoms with van der Waals surface area (Å²) in [7, 11) is 0. The monoisotopic (exact) mass is 357 g/mol. The molecule has 0 aromatic heterocycles. The fourth-order valence-electron chi connectivity index (χ4n) is 4.94. The van der Waals surface area contributed by atoms with Gasteiger partial charge in [-0.3, -0.25) is 9.59 Å². The van der Waals surface area contributed by atoms with Gasteiger partial charge in [-0.1, -0.05) is 43.9 Å². The van der Waals surface area contributed by atoms with Crippen LogP contribution >= 0.6 is 0 Å². The zero-order valence-electron chi connectivity index (χ0n) is 15.1. The summed E-state index contributed by atoms with van der Waals surface area (Å²) in [4.78, 5) is 24.7. The number of carboxylic acid groups (broad SMARTS) is 1. The van der Waals surface area contributed by atoms with Crippen LogP contribution in [0.4, 0.5) is 0 Å². The number of carbonyl (C=O) groups is 2. The van der Waals surface area contributed by atoms with E-state index < -0.39 is 11.9 Å². The third-order valence-electron chi connectivity index (χ3n) is 6.53. The number of ether oxygens (including phenoxy) is 1. The van der Waals surface area contributed by atoms with Crippen molar-refractivity contribution < 1.29 is 19.4 Å². The van der Waals surface area contributed by atoms with Crippen molar-refractivity contribution in [2.75, 3.05) is 6.61 Å². The normalized spacial score (nSPS) is 33.3. The summed E-state index contributed by atoms with van der Waals surface area (Å²) in [6.45, 7) is 0.641. The number of hydrogen-bond acceptors (Lipinski definition) is 3. The molecule has 3 aliphatic rings. The highest BCUT2D eigenvalue weighted by Gasteiger charge is 2.61. The molecule has 1 aromatic rings. The maximum absolute atomic E-state index is 13.0. The van der Waals surface area contributed by atoms with E-state index in [9.17, 15) is 14.7 Å². The van der Waals surface area contributed by atoms with Crippen molar-refractivity contribution in [3.63, 3.8) is 0 Å². The number of amides is 1. The highest BCUT2D eigenvalue weighted by Crippen LogP contribution is 2.60.